The van der Waals surface area contributed by atoms with Gasteiger partial charge in [0.05, 0.1) is 0 Å². The molecule has 1 atom stereocenters. The SMILES string of the molecule is CCCCCC(C)N.NCCCCc1ccccc1. The third kappa shape index (κ3) is 13.4. The predicted molar refractivity (Wildman–Crippen MR) is 86.2 cm³/mol. The Kier molecular flexibility index (Phi) is 13.0. The van der Waals surface area contributed by atoms with E-state index in [-0.39, 0.29) is 0 Å². The van der Waals surface area contributed by atoms with Gasteiger partial charge < -0.3 is 11.5 Å². The topological polar surface area (TPSA) is 52.0 Å². The van der Waals surface area contributed by atoms with E-state index in [1.54, 1.807) is 0 Å². The zero-order chi connectivity index (χ0) is 14.3. The van der Waals surface area contributed by atoms with Gasteiger partial charge in [-0.1, -0.05) is 56.5 Å². The highest BCUT2D eigenvalue weighted by atomic mass is 14.6. The van der Waals surface area contributed by atoms with Crippen LogP contribution in [0, 0.1) is 0 Å². The lowest BCUT2D eigenvalue weighted by molar-refractivity contribution is 0.592. The second kappa shape index (κ2) is 13.6. The Morgan fingerprint density at radius 1 is 1.00 bits per heavy atom. The van der Waals surface area contributed by atoms with Gasteiger partial charge in [0.25, 0.3) is 0 Å². The van der Waals surface area contributed by atoms with Gasteiger partial charge in [0, 0.05) is 6.04 Å². The highest BCUT2D eigenvalue weighted by molar-refractivity contribution is 5.14. The van der Waals surface area contributed by atoms with Gasteiger partial charge >= 0.3 is 0 Å². The summed E-state index contributed by atoms with van der Waals surface area (Å²) in [4.78, 5) is 0. The summed E-state index contributed by atoms with van der Waals surface area (Å²) in [5.74, 6) is 0. The van der Waals surface area contributed by atoms with E-state index in [2.05, 4.69) is 38.1 Å². The predicted octanol–water partition coefficient (Wildman–Crippen LogP) is 3.88. The standard InChI is InChI=1S/C10H15N.C7H17N/c11-9-5-4-8-10-6-2-1-3-7-10;1-3-4-5-6-7(2)8/h1-3,6-7H,4-5,8-9,11H2;7H,3-6,8H2,1-2H3. The van der Waals surface area contributed by atoms with E-state index in [1.165, 1.54) is 37.7 Å². The summed E-state index contributed by atoms with van der Waals surface area (Å²) in [6.45, 7) is 5.09. The Morgan fingerprint density at radius 2 is 1.68 bits per heavy atom. The number of aryl methyl sites for hydroxylation is 1. The molecule has 0 spiro atoms. The maximum atomic E-state index is 5.53. The number of unbranched alkanes of at least 4 members (excludes halogenated alkanes) is 3. The number of rotatable bonds is 8. The third-order valence-corrected chi connectivity index (χ3v) is 3.03. The molecular weight excluding hydrogens is 232 g/mol. The van der Waals surface area contributed by atoms with E-state index in [0.717, 1.165) is 19.4 Å². The van der Waals surface area contributed by atoms with Crippen LogP contribution in [0.1, 0.15) is 57.9 Å². The molecule has 1 aromatic rings. The molecule has 2 heteroatoms. The first-order chi connectivity index (χ1) is 9.20. The van der Waals surface area contributed by atoms with Crippen molar-refractivity contribution in [1.29, 1.82) is 0 Å². The molecule has 0 aliphatic heterocycles. The molecule has 1 rings (SSSR count). The molecule has 1 unspecified atom stereocenters. The Labute approximate surface area is 119 Å². The summed E-state index contributed by atoms with van der Waals surface area (Å²) in [5.41, 5.74) is 12.3. The number of nitrogens with two attached hydrogens (primary N) is 2. The van der Waals surface area contributed by atoms with Crippen molar-refractivity contribution < 1.29 is 0 Å². The van der Waals surface area contributed by atoms with Crippen LogP contribution >= 0.6 is 0 Å². The van der Waals surface area contributed by atoms with Crippen molar-refractivity contribution in [3.8, 4) is 0 Å². The molecule has 19 heavy (non-hydrogen) atoms. The lowest BCUT2D eigenvalue weighted by atomic mass is 10.1. The van der Waals surface area contributed by atoms with Crippen LogP contribution in [-0.2, 0) is 6.42 Å². The molecule has 110 valence electrons. The summed E-state index contributed by atoms with van der Waals surface area (Å²) >= 11 is 0. The summed E-state index contributed by atoms with van der Waals surface area (Å²) in [7, 11) is 0. The molecule has 0 saturated heterocycles. The van der Waals surface area contributed by atoms with Gasteiger partial charge in [0.1, 0.15) is 0 Å². The Hall–Kier alpha value is -0.860. The molecule has 2 nitrogen and oxygen atoms in total. The number of hydrogen-bond acceptors (Lipinski definition) is 2. The van der Waals surface area contributed by atoms with Crippen LogP contribution in [0.15, 0.2) is 30.3 Å². The summed E-state index contributed by atoms with van der Waals surface area (Å²) in [6, 6.07) is 10.9. The highest BCUT2D eigenvalue weighted by Crippen LogP contribution is 2.03. The van der Waals surface area contributed by atoms with Crippen molar-refractivity contribution in [3.63, 3.8) is 0 Å². The van der Waals surface area contributed by atoms with Crippen molar-refractivity contribution in [1.82, 2.24) is 0 Å². The molecule has 0 bridgehead atoms. The number of benzene rings is 1. The lowest BCUT2D eigenvalue weighted by Gasteiger charge is -2.01. The van der Waals surface area contributed by atoms with Crippen LogP contribution in [0.3, 0.4) is 0 Å². The minimum absolute atomic E-state index is 0.404. The maximum absolute atomic E-state index is 5.53. The molecule has 0 aliphatic rings. The van der Waals surface area contributed by atoms with Crippen molar-refractivity contribution in [2.24, 2.45) is 11.5 Å². The largest absolute Gasteiger partial charge is 0.330 e. The fourth-order valence-electron chi connectivity index (χ4n) is 1.83. The third-order valence-electron chi connectivity index (χ3n) is 3.03. The summed E-state index contributed by atoms with van der Waals surface area (Å²) in [6.07, 6.45) is 8.63. The normalized spacial score (nSPS) is 11.6. The van der Waals surface area contributed by atoms with E-state index < -0.39 is 0 Å². The quantitative estimate of drug-likeness (QED) is 0.700. The second-order valence-electron chi connectivity index (χ2n) is 5.20. The molecule has 0 amide bonds. The smallest absolute Gasteiger partial charge is 0.00104 e. The van der Waals surface area contributed by atoms with E-state index in [4.69, 9.17) is 11.5 Å². The van der Waals surface area contributed by atoms with Crippen LogP contribution in [0.5, 0.6) is 0 Å². The molecule has 4 N–H and O–H groups in total. The molecule has 0 radical (unpaired) electrons. The van der Waals surface area contributed by atoms with Gasteiger partial charge in [0.15, 0.2) is 0 Å². The fraction of sp³-hybridized carbons (Fsp3) is 0.647. The molecule has 0 fully saturated rings. The Bertz CT molecular complexity index is 270. The molecular formula is C17H32N2. The van der Waals surface area contributed by atoms with E-state index in [0.29, 0.717) is 6.04 Å². The van der Waals surface area contributed by atoms with Crippen LogP contribution < -0.4 is 11.5 Å². The summed E-state index contributed by atoms with van der Waals surface area (Å²) < 4.78 is 0. The average Bonchev–Trinajstić information content (AvgIpc) is 2.41. The zero-order valence-corrected chi connectivity index (χ0v) is 12.8. The van der Waals surface area contributed by atoms with Gasteiger partial charge in [-0.2, -0.15) is 0 Å². The number of hydrogen-bond donors (Lipinski definition) is 2. The maximum Gasteiger partial charge on any atom is 0.00104 e. The monoisotopic (exact) mass is 264 g/mol. The van der Waals surface area contributed by atoms with Crippen molar-refractivity contribution in [3.05, 3.63) is 35.9 Å². The van der Waals surface area contributed by atoms with Gasteiger partial charge in [-0.3, -0.25) is 0 Å². The van der Waals surface area contributed by atoms with Gasteiger partial charge in [0.2, 0.25) is 0 Å². The fourth-order valence-corrected chi connectivity index (χ4v) is 1.83. The highest BCUT2D eigenvalue weighted by Gasteiger charge is 1.91. The molecule has 0 heterocycles. The molecule has 1 aromatic carbocycles. The zero-order valence-electron chi connectivity index (χ0n) is 12.8. The van der Waals surface area contributed by atoms with Crippen LogP contribution in [-0.4, -0.2) is 12.6 Å². The van der Waals surface area contributed by atoms with Crippen molar-refractivity contribution in [2.45, 2.75) is 64.8 Å². The Morgan fingerprint density at radius 3 is 2.21 bits per heavy atom. The minimum atomic E-state index is 0.404. The van der Waals surface area contributed by atoms with Gasteiger partial charge in [-0.15, -0.1) is 0 Å². The second-order valence-corrected chi connectivity index (χ2v) is 5.20. The van der Waals surface area contributed by atoms with Crippen molar-refractivity contribution in [2.75, 3.05) is 6.54 Å². The van der Waals surface area contributed by atoms with Crippen molar-refractivity contribution >= 4 is 0 Å². The molecule has 0 aromatic heterocycles. The van der Waals surface area contributed by atoms with Gasteiger partial charge in [-0.05, 0) is 44.7 Å². The van der Waals surface area contributed by atoms with Gasteiger partial charge in [-0.25, -0.2) is 0 Å². The first kappa shape index (κ1) is 18.1. The first-order valence-electron chi connectivity index (χ1n) is 7.70. The lowest BCUT2D eigenvalue weighted by Crippen LogP contribution is -2.13. The van der Waals surface area contributed by atoms with E-state index >= 15 is 0 Å². The molecule has 0 aliphatic carbocycles. The van der Waals surface area contributed by atoms with Crippen LogP contribution in [0.2, 0.25) is 0 Å². The van der Waals surface area contributed by atoms with E-state index in [9.17, 15) is 0 Å². The Balaban J connectivity index is 0.000000362. The summed E-state index contributed by atoms with van der Waals surface area (Å²) in [5, 5.41) is 0. The molecule has 0 saturated carbocycles. The average molecular weight is 264 g/mol. The van der Waals surface area contributed by atoms with Crippen LogP contribution in [0.25, 0.3) is 0 Å². The minimum Gasteiger partial charge on any atom is -0.330 e. The van der Waals surface area contributed by atoms with E-state index in [1.807, 2.05) is 6.07 Å². The van der Waals surface area contributed by atoms with Crippen LogP contribution in [0.4, 0.5) is 0 Å². The first-order valence-corrected chi connectivity index (χ1v) is 7.70.